The monoisotopic (exact) mass is 366 g/mol. The minimum Gasteiger partial charge on any atom is -0.334 e. The lowest BCUT2D eigenvalue weighted by Gasteiger charge is -2.25. The van der Waals surface area contributed by atoms with E-state index in [-0.39, 0.29) is 0 Å². The van der Waals surface area contributed by atoms with Crippen molar-refractivity contribution in [3.8, 4) is 5.69 Å². The number of piperidine rings is 1. The molecule has 0 bridgehead atoms. The van der Waals surface area contributed by atoms with E-state index in [1.807, 2.05) is 19.9 Å². The average molecular weight is 366 g/mol. The third kappa shape index (κ3) is 4.27. The first-order chi connectivity index (χ1) is 13.0. The Morgan fingerprint density at radius 1 is 1.04 bits per heavy atom. The van der Waals surface area contributed by atoms with Crippen LogP contribution in [-0.2, 0) is 9.59 Å². The molecule has 0 saturated carbocycles. The highest BCUT2D eigenvalue weighted by atomic mass is 16.2. The van der Waals surface area contributed by atoms with E-state index in [0.29, 0.717) is 13.1 Å². The fourth-order valence-electron chi connectivity index (χ4n) is 3.46. The molecule has 3 rings (SSSR count). The van der Waals surface area contributed by atoms with Crippen LogP contribution in [0.4, 0.5) is 0 Å². The van der Waals surface area contributed by atoms with E-state index in [0.717, 1.165) is 41.9 Å². The van der Waals surface area contributed by atoms with Gasteiger partial charge in [-0.2, -0.15) is 5.10 Å². The van der Waals surface area contributed by atoms with Crippen molar-refractivity contribution in [3.63, 3.8) is 0 Å². The van der Waals surface area contributed by atoms with Gasteiger partial charge in [0, 0.05) is 35.7 Å². The maximum atomic E-state index is 12.1. The lowest BCUT2D eigenvalue weighted by atomic mass is 10.1. The summed E-state index contributed by atoms with van der Waals surface area (Å²) in [5.74, 6) is -1.18. The van der Waals surface area contributed by atoms with Crippen LogP contribution in [0.3, 0.4) is 0 Å². The van der Waals surface area contributed by atoms with Crippen LogP contribution in [0.1, 0.15) is 41.8 Å². The number of aryl methyl sites for hydroxylation is 2. The molecule has 0 unspecified atom stereocenters. The number of carbonyl (C=O) groups excluding carboxylic acids is 2. The minimum absolute atomic E-state index is 0.503. The van der Waals surface area contributed by atoms with Crippen LogP contribution in [0.15, 0.2) is 35.4 Å². The van der Waals surface area contributed by atoms with Crippen molar-refractivity contribution < 1.29 is 9.59 Å². The normalized spacial score (nSPS) is 14.6. The van der Waals surface area contributed by atoms with Crippen molar-refractivity contribution in [3.05, 3.63) is 52.8 Å². The second kappa shape index (κ2) is 8.20. The summed E-state index contributed by atoms with van der Waals surface area (Å²) in [5.41, 5.74) is 7.66. The molecule has 0 atom stereocenters. The maximum Gasteiger partial charge on any atom is 0.329 e. The molecule has 1 aliphatic heterocycles. The molecule has 142 valence electrons. The summed E-state index contributed by atoms with van der Waals surface area (Å²) in [5, 5.41) is 4.00. The summed E-state index contributed by atoms with van der Waals surface area (Å²) in [4.78, 5) is 25.7. The van der Waals surface area contributed by atoms with Gasteiger partial charge in [0.2, 0.25) is 0 Å². The number of hydrogen-bond donors (Lipinski definition) is 1. The molecule has 1 aliphatic rings. The molecule has 1 aromatic heterocycles. The van der Waals surface area contributed by atoms with Crippen LogP contribution in [-0.4, -0.2) is 40.6 Å². The van der Waals surface area contributed by atoms with Crippen molar-refractivity contribution in [2.24, 2.45) is 5.10 Å². The zero-order valence-electron chi connectivity index (χ0n) is 16.2. The summed E-state index contributed by atoms with van der Waals surface area (Å²) in [6.07, 6.45) is 4.61. The Kier molecular flexibility index (Phi) is 5.74. The van der Waals surface area contributed by atoms with Crippen molar-refractivity contribution in [2.45, 2.75) is 40.0 Å². The maximum absolute atomic E-state index is 12.1. The highest BCUT2D eigenvalue weighted by Crippen LogP contribution is 2.20. The van der Waals surface area contributed by atoms with Gasteiger partial charge in [0.25, 0.3) is 0 Å². The number of likely N-dealkylation sites (tertiary alicyclic amines) is 1. The Morgan fingerprint density at radius 3 is 2.37 bits per heavy atom. The first-order valence-electron chi connectivity index (χ1n) is 9.35. The number of hydrogen-bond acceptors (Lipinski definition) is 3. The first kappa shape index (κ1) is 18.9. The van der Waals surface area contributed by atoms with Gasteiger partial charge < -0.3 is 9.47 Å². The molecule has 27 heavy (non-hydrogen) atoms. The van der Waals surface area contributed by atoms with Gasteiger partial charge in [-0.3, -0.25) is 9.59 Å². The molecule has 0 aliphatic carbocycles. The zero-order valence-corrected chi connectivity index (χ0v) is 16.2. The standard InChI is InChI=1S/C21H26N4O2/c1-15-7-9-19(10-8-15)25-16(2)13-18(17(25)3)14-22-23-20(26)21(27)24-11-5-4-6-12-24/h7-10,13-14H,4-6,11-12H2,1-3H3,(H,23,26)/b22-14-. The number of hydrazone groups is 1. The number of nitrogens with zero attached hydrogens (tertiary/aromatic N) is 3. The van der Waals surface area contributed by atoms with Gasteiger partial charge in [-0.15, -0.1) is 0 Å². The number of amides is 2. The molecular weight excluding hydrogens is 340 g/mol. The molecular formula is C21H26N4O2. The van der Waals surface area contributed by atoms with Crippen molar-refractivity contribution in [1.29, 1.82) is 0 Å². The Morgan fingerprint density at radius 2 is 1.70 bits per heavy atom. The van der Waals surface area contributed by atoms with Crippen LogP contribution in [0, 0.1) is 20.8 Å². The number of nitrogens with one attached hydrogen (secondary N) is 1. The largest absolute Gasteiger partial charge is 0.334 e. The van der Waals surface area contributed by atoms with Crippen LogP contribution in [0.2, 0.25) is 0 Å². The molecule has 2 aromatic rings. The fourth-order valence-corrected chi connectivity index (χ4v) is 3.46. The average Bonchev–Trinajstić information content (AvgIpc) is 2.96. The third-order valence-corrected chi connectivity index (χ3v) is 4.97. The van der Waals surface area contributed by atoms with Gasteiger partial charge in [0.1, 0.15) is 0 Å². The van der Waals surface area contributed by atoms with Gasteiger partial charge in [-0.1, -0.05) is 17.7 Å². The third-order valence-electron chi connectivity index (χ3n) is 4.97. The summed E-state index contributed by atoms with van der Waals surface area (Å²) in [7, 11) is 0. The van der Waals surface area contributed by atoms with E-state index in [1.54, 1.807) is 11.1 Å². The first-order valence-corrected chi connectivity index (χ1v) is 9.35. The van der Waals surface area contributed by atoms with E-state index >= 15 is 0 Å². The summed E-state index contributed by atoms with van der Waals surface area (Å²) >= 11 is 0. The molecule has 6 heteroatoms. The summed E-state index contributed by atoms with van der Waals surface area (Å²) < 4.78 is 2.14. The van der Waals surface area contributed by atoms with Gasteiger partial charge in [0.15, 0.2) is 0 Å². The molecule has 2 amide bonds. The van der Waals surface area contributed by atoms with E-state index in [9.17, 15) is 9.59 Å². The van der Waals surface area contributed by atoms with Crippen LogP contribution >= 0.6 is 0 Å². The Bertz CT molecular complexity index is 859. The molecule has 1 saturated heterocycles. The van der Waals surface area contributed by atoms with E-state index in [4.69, 9.17) is 0 Å². The molecule has 0 radical (unpaired) electrons. The van der Waals surface area contributed by atoms with E-state index < -0.39 is 11.8 Å². The van der Waals surface area contributed by atoms with Crippen LogP contribution in [0.5, 0.6) is 0 Å². The van der Waals surface area contributed by atoms with Crippen LogP contribution in [0.25, 0.3) is 5.69 Å². The molecule has 1 aromatic carbocycles. The van der Waals surface area contributed by atoms with Crippen LogP contribution < -0.4 is 5.43 Å². The zero-order chi connectivity index (χ0) is 19.4. The van der Waals surface area contributed by atoms with Crippen molar-refractivity contribution >= 4 is 18.0 Å². The Hall–Kier alpha value is -2.89. The minimum atomic E-state index is -0.680. The number of benzene rings is 1. The molecule has 1 N–H and O–H groups in total. The highest BCUT2D eigenvalue weighted by Gasteiger charge is 2.22. The van der Waals surface area contributed by atoms with Crippen molar-refractivity contribution in [1.82, 2.24) is 14.9 Å². The predicted molar refractivity (Wildman–Crippen MR) is 106 cm³/mol. The molecule has 0 spiro atoms. The second-order valence-corrected chi connectivity index (χ2v) is 7.05. The van der Waals surface area contributed by atoms with E-state index in [2.05, 4.69) is 46.3 Å². The number of aromatic nitrogens is 1. The highest BCUT2D eigenvalue weighted by molar-refractivity contribution is 6.35. The topological polar surface area (TPSA) is 66.7 Å². The quantitative estimate of drug-likeness (QED) is 0.516. The Labute approximate surface area is 159 Å². The SMILES string of the molecule is Cc1ccc(-n2c(C)cc(/C=N\NC(=O)C(=O)N3CCCCC3)c2C)cc1. The van der Waals surface area contributed by atoms with Gasteiger partial charge in [-0.25, -0.2) is 5.43 Å². The lowest BCUT2D eigenvalue weighted by Crippen LogP contribution is -2.43. The van der Waals surface area contributed by atoms with Gasteiger partial charge in [0.05, 0.1) is 6.21 Å². The molecule has 1 fully saturated rings. The van der Waals surface area contributed by atoms with Gasteiger partial charge >= 0.3 is 11.8 Å². The van der Waals surface area contributed by atoms with E-state index in [1.165, 1.54) is 5.56 Å². The summed E-state index contributed by atoms with van der Waals surface area (Å²) in [6.45, 7) is 7.39. The number of carbonyl (C=O) groups is 2. The Balaban J connectivity index is 1.68. The second-order valence-electron chi connectivity index (χ2n) is 7.05. The smallest absolute Gasteiger partial charge is 0.329 e. The van der Waals surface area contributed by atoms with Crippen molar-refractivity contribution in [2.75, 3.05) is 13.1 Å². The number of rotatable bonds is 3. The summed E-state index contributed by atoms with van der Waals surface area (Å²) in [6, 6.07) is 10.3. The van der Waals surface area contributed by atoms with Gasteiger partial charge in [-0.05, 0) is 58.2 Å². The molecule has 6 nitrogen and oxygen atoms in total. The lowest BCUT2D eigenvalue weighted by molar-refractivity contribution is -0.146. The predicted octanol–water partition coefficient (Wildman–Crippen LogP) is 2.87. The molecule has 2 heterocycles. The fraction of sp³-hybridized carbons (Fsp3) is 0.381.